The summed E-state index contributed by atoms with van der Waals surface area (Å²) in [4.78, 5) is 31.4. The molecule has 7 heteroatoms. The van der Waals surface area contributed by atoms with E-state index in [1.807, 2.05) is 44.1 Å². The van der Waals surface area contributed by atoms with Crippen molar-refractivity contribution in [3.8, 4) is 0 Å². The molecule has 0 radical (unpaired) electrons. The Morgan fingerprint density at radius 1 is 1.25 bits per heavy atom. The number of carbonyl (C=O) groups excluding carboxylic acids is 2. The highest BCUT2D eigenvalue weighted by atomic mass is 16.2. The van der Waals surface area contributed by atoms with Gasteiger partial charge in [-0.1, -0.05) is 30.3 Å². The summed E-state index contributed by atoms with van der Waals surface area (Å²) in [5, 5.41) is 6.74. The van der Waals surface area contributed by atoms with Crippen LogP contribution in [-0.2, 0) is 11.2 Å². The van der Waals surface area contributed by atoms with Crippen molar-refractivity contribution in [1.29, 1.82) is 0 Å². The normalized spacial score (nSPS) is 17.5. The minimum absolute atomic E-state index is 0.0659. The third-order valence-electron chi connectivity index (χ3n) is 5.46. The van der Waals surface area contributed by atoms with E-state index in [4.69, 9.17) is 0 Å². The van der Waals surface area contributed by atoms with Gasteiger partial charge in [0.1, 0.15) is 6.04 Å². The monoisotopic (exact) mass is 383 g/mol. The molecule has 7 nitrogen and oxygen atoms in total. The molecule has 150 valence electrons. The van der Waals surface area contributed by atoms with Gasteiger partial charge in [-0.3, -0.25) is 19.6 Å². The van der Waals surface area contributed by atoms with Crippen molar-refractivity contribution < 1.29 is 9.59 Å². The molecule has 2 heterocycles. The SMILES string of the molecule is Cc1[nH]ncc1C(=O)N1CCN(C)[C@@H](C(=O)N(C)CCCc2ccccc2)C1. The van der Waals surface area contributed by atoms with Gasteiger partial charge in [0, 0.05) is 38.9 Å². The number of hydrogen-bond acceptors (Lipinski definition) is 4. The van der Waals surface area contributed by atoms with Gasteiger partial charge in [-0.25, -0.2) is 0 Å². The molecule has 1 aromatic carbocycles. The molecule has 0 aliphatic carbocycles. The van der Waals surface area contributed by atoms with Gasteiger partial charge in [-0.2, -0.15) is 5.10 Å². The van der Waals surface area contributed by atoms with E-state index in [0.717, 1.165) is 18.5 Å². The first-order valence-corrected chi connectivity index (χ1v) is 9.75. The Balaban J connectivity index is 1.56. The molecule has 1 N–H and O–H groups in total. The summed E-state index contributed by atoms with van der Waals surface area (Å²) in [5.41, 5.74) is 2.61. The molecule has 1 atom stereocenters. The Morgan fingerprint density at radius 2 is 2.00 bits per heavy atom. The molecule has 0 saturated carbocycles. The lowest BCUT2D eigenvalue weighted by molar-refractivity contribution is -0.137. The van der Waals surface area contributed by atoms with Crippen LogP contribution in [0.4, 0.5) is 0 Å². The van der Waals surface area contributed by atoms with Crippen molar-refractivity contribution in [3.63, 3.8) is 0 Å². The molecule has 1 saturated heterocycles. The lowest BCUT2D eigenvalue weighted by Crippen LogP contribution is -2.59. The van der Waals surface area contributed by atoms with Crippen LogP contribution in [0.1, 0.15) is 28.0 Å². The first kappa shape index (κ1) is 20.1. The number of aromatic nitrogens is 2. The lowest BCUT2D eigenvalue weighted by Gasteiger charge is -2.40. The molecular formula is C21H29N5O2. The summed E-state index contributed by atoms with van der Waals surface area (Å²) >= 11 is 0. The molecule has 0 spiro atoms. The standard InChI is InChI=1S/C21H29N5O2/c1-16-18(14-22-23-16)20(27)26-13-12-24(2)19(15-26)21(28)25(3)11-7-10-17-8-5-4-6-9-17/h4-6,8-9,14,19H,7,10-13,15H2,1-3H3,(H,22,23)/t19-/m1/s1. The summed E-state index contributed by atoms with van der Waals surface area (Å²) in [6.45, 7) is 4.23. The number of benzene rings is 1. The minimum Gasteiger partial charge on any atom is -0.344 e. The number of carbonyl (C=O) groups is 2. The van der Waals surface area contributed by atoms with E-state index in [-0.39, 0.29) is 17.9 Å². The summed E-state index contributed by atoms with van der Waals surface area (Å²) in [6, 6.07) is 9.99. The highest BCUT2D eigenvalue weighted by Gasteiger charge is 2.34. The predicted molar refractivity (Wildman–Crippen MR) is 108 cm³/mol. The average Bonchev–Trinajstić information content (AvgIpc) is 3.14. The van der Waals surface area contributed by atoms with Crippen LogP contribution in [0, 0.1) is 6.92 Å². The van der Waals surface area contributed by atoms with Crippen LogP contribution >= 0.6 is 0 Å². The van der Waals surface area contributed by atoms with Gasteiger partial charge < -0.3 is 9.80 Å². The Bertz CT molecular complexity index is 804. The van der Waals surface area contributed by atoms with Crippen molar-refractivity contribution in [2.45, 2.75) is 25.8 Å². The van der Waals surface area contributed by atoms with Crippen molar-refractivity contribution in [2.75, 3.05) is 40.3 Å². The number of H-pyrrole nitrogens is 1. The van der Waals surface area contributed by atoms with Crippen LogP contribution < -0.4 is 0 Å². The van der Waals surface area contributed by atoms with Gasteiger partial charge in [0.05, 0.1) is 11.8 Å². The zero-order chi connectivity index (χ0) is 20.1. The maximum absolute atomic E-state index is 13.0. The largest absolute Gasteiger partial charge is 0.344 e. The van der Waals surface area contributed by atoms with E-state index >= 15 is 0 Å². The molecule has 0 bridgehead atoms. The van der Waals surface area contributed by atoms with Crippen LogP contribution in [-0.4, -0.2) is 83.0 Å². The number of rotatable bonds is 6. The summed E-state index contributed by atoms with van der Waals surface area (Å²) in [7, 11) is 3.80. The topological polar surface area (TPSA) is 72.5 Å². The van der Waals surface area contributed by atoms with E-state index < -0.39 is 0 Å². The number of aryl methyl sites for hydroxylation is 2. The zero-order valence-electron chi connectivity index (χ0n) is 16.9. The van der Waals surface area contributed by atoms with Crippen molar-refractivity contribution in [2.24, 2.45) is 0 Å². The Kier molecular flexibility index (Phi) is 6.46. The number of likely N-dealkylation sites (N-methyl/N-ethyl adjacent to an activating group) is 2. The number of piperazine rings is 1. The number of hydrogen-bond donors (Lipinski definition) is 1. The van der Waals surface area contributed by atoms with E-state index in [2.05, 4.69) is 22.3 Å². The molecular weight excluding hydrogens is 354 g/mol. The van der Waals surface area contributed by atoms with Crippen LogP contribution in [0.15, 0.2) is 36.5 Å². The lowest BCUT2D eigenvalue weighted by atomic mass is 10.1. The van der Waals surface area contributed by atoms with Crippen molar-refractivity contribution in [1.82, 2.24) is 24.9 Å². The molecule has 2 amide bonds. The first-order valence-electron chi connectivity index (χ1n) is 9.75. The Hall–Kier alpha value is -2.67. The van der Waals surface area contributed by atoms with Gasteiger partial charge >= 0.3 is 0 Å². The predicted octanol–water partition coefficient (Wildman–Crippen LogP) is 1.57. The third kappa shape index (κ3) is 4.59. The average molecular weight is 383 g/mol. The number of aromatic amines is 1. The second-order valence-electron chi connectivity index (χ2n) is 7.51. The maximum atomic E-state index is 13.0. The summed E-state index contributed by atoms with van der Waals surface area (Å²) < 4.78 is 0. The minimum atomic E-state index is -0.313. The van der Waals surface area contributed by atoms with Crippen LogP contribution in [0.5, 0.6) is 0 Å². The molecule has 28 heavy (non-hydrogen) atoms. The van der Waals surface area contributed by atoms with Gasteiger partial charge in [0.2, 0.25) is 5.91 Å². The number of nitrogens with zero attached hydrogens (tertiary/aromatic N) is 4. The van der Waals surface area contributed by atoms with E-state index in [1.54, 1.807) is 16.0 Å². The van der Waals surface area contributed by atoms with Crippen LogP contribution in [0.3, 0.4) is 0 Å². The molecule has 0 unspecified atom stereocenters. The van der Waals surface area contributed by atoms with Gasteiger partial charge in [-0.05, 0) is 32.4 Å². The second kappa shape index (κ2) is 9.01. The summed E-state index contributed by atoms with van der Waals surface area (Å²) in [6.07, 6.45) is 3.42. The van der Waals surface area contributed by atoms with E-state index in [1.165, 1.54) is 5.56 Å². The van der Waals surface area contributed by atoms with E-state index in [0.29, 0.717) is 31.7 Å². The van der Waals surface area contributed by atoms with Crippen molar-refractivity contribution in [3.05, 3.63) is 53.3 Å². The third-order valence-corrected chi connectivity index (χ3v) is 5.46. The molecule has 1 aliphatic rings. The van der Waals surface area contributed by atoms with Gasteiger partial charge in [0.25, 0.3) is 5.91 Å². The Morgan fingerprint density at radius 3 is 2.68 bits per heavy atom. The van der Waals surface area contributed by atoms with Crippen LogP contribution in [0.25, 0.3) is 0 Å². The van der Waals surface area contributed by atoms with Gasteiger partial charge in [-0.15, -0.1) is 0 Å². The molecule has 2 aromatic rings. The quantitative estimate of drug-likeness (QED) is 0.822. The molecule has 1 aliphatic heterocycles. The van der Waals surface area contributed by atoms with E-state index in [9.17, 15) is 9.59 Å². The fourth-order valence-corrected chi connectivity index (χ4v) is 3.59. The smallest absolute Gasteiger partial charge is 0.257 e. The fraction of sp³-hybridized carbons (Fsp3) is 0.476. The highest BCUT2D eigenvalue weighted by Crippen LogP contribution is 2.15. The second-order valence-corrected chi connectivity index (χ2v) is 7.51. The molecule has 3 rings (SSSR count). The van der Waals surface area contributed by atoms with Gasteiger partial charge in [0.15, 0.2) is 0 Å². The Labute approximate surface area is 166 Å². The number of nitrogens with one attached hydrogen (secondary N) is 1. The zero-order valence-corrected chi connectivity index (χ0v) is 16.9. The highest BCUT2D eigenvalue weighted by molar-refractivity contribution is 5.95. The van der Waals surface area contributed by atoms with Crippen LogP contribution in [0.2, 0.25) is 0 Å². The van der Waals surface area contributed by atoms with Crippen molar-refractivity contribution >= 4 is 11.8 Å². The maximum Gasteiger partial charge on any atom is 0.257 e. The molecule has 1 aromatic heterocycles. The number of amides is 2. The molecule has 1 fully saturated rings. The first-order chi connectivity index (χ1) is 13.5. The fourth-order valence-electron chi connectivity index (χ4n) is 3.59. The summed E-state index contributed by atoms with van der Waals surface area (Å²) in [5.74, 6) is 0.000794.